The van der Waals surface area contributed by atoms with E-state index in [1.807, 2.05) is 0 Å². The smallest absolute Gasteiger partial charge is 0.389 e. The Hall–Kier alpha value is -0.813. The molecule has 0 amide bonds. The summed E-state index contributed by atoms with van der Waals surface area (Å²) in [5, 5.41) is 9.90. The number of rotatable bonds is 3. The predicted octanol–water partition coefficient (Wildman–Crippen LogP) is 4.08. The van der Waals surface area contributed by atoms with E-state index in [4.69, 9.17) is 0 Å². The Kier molecular flexibility index (Phi) is 4.04. The molecule has 0 heterocycles. The van der Waals surface area contributed by atoms with Gasteiger partial charge in [-0.3, -0.25) is 0 Å². The maximum Gasteiger partial charge on any atom is 0.416 e. The minimum absolute atomic E-state index is 0.556. The summed E-state index contributed by atoms with van der Waals surface area (Å²) >= 11 is 0. The lowest BCUT2D eigenvalue weighted by Gasteiger charge is -2.21. The van der Waals surface area contributed by atoms with Gasteiger partial charge in [-0.25, -0.2) is 0 Å². The van der Waals surface area contributed by atoms with Crippen molar-refractivity contribution in [2.45, 2.75) is 38.0 Å². The highest BCUT2D eigenvalue weighted by Gasteiger charge is 2.30. The topological polar surface area (TPSA) is 20.2 Å². The molecular formula is C12H17F3OSi. The van der Waals surface area contributed by atoms with Crippen LogP contribution < -0.4 is 0 Å². The molecule has 0 fully saturated rings. The maximum absolute atomic E-state index is 12.3. The van der Waals surface area contributed by atoms with Crippen LogP contribution in [0.3, 0.4) is 0 Å². The van der Waals surface area contributed by atoms with Gasteiger partial charge in [0.05, 0.1) is 11.7 Å². The fraction of sp³-hybridized carbons (Fsp3) is 0.500. The van der Waals surface area contributed by atoms with Gasteiger partial charge in [-0.15, -0.1) is 0 Å². The van der Waals surface area contributed by atoms with Crippen molar-refractivity contribution < 1.29 is 18.3 Å². The van der Waals surface area contributed by atoms with Crippen LogP contribution in [0, 0.1) is 0 Å². The SMILES string of the molecule is C[Si](C)(C)CC(O)c1ccc(C(F)(F)F)cc1. The first-order valence-corrected chi connectivity index (χ1v) is 9.15. The lowest BCUT2D eigenvalue weighted by Crippen LogP contribution is -2.22. The molecule has 96 valence electrons. The van der Waals surface area contributed by atoms with Crippen LogP contribution in [0.2, 0.25) is 25.7 Å². The van der Waals surface area contributed by atoms with Gasteiger partial charge in [0, 0.05) is 8.07 Å². The van der Waals surface area contributed by atoms with Gasteiger partial charge in [0.15, 0.2) is 0 Å². The Labute approximate surface area is 100 Å². The lowest BCUT2D eigenvalue weighted by molar-refractivity contribution is -0.137. The monoisotopic (exact) mass is 262 g/mol. The molecule has 1 rings (SSSR count). The number of benzene rings is 1. The van der Waals surface area contributed by atoms with E-state index in [-0.39, 0.29) is 0 Å². The van der Waals surface area contributed by atoms with E-state index in [0.29, 0.717) is 11.6 Å². The van der Waals surface area contributed by atoms with Crippen molar-refractivity contribution in [2.75, 3.05) is 0 Å². The van der Waals surface area contributed by atoms with Gasteiger partial charge in [0.1, 0.15) is 0 Å². The minimum Gasteiger partial charge on any atom is -0.389 e. The number of halogens is 3. The van der Waals surface area contributed by atoms with Crippen molar-refractivity contribution in [3.8, 4) is 0 Å². The second-order valence-electron chi connectivity index (χ2n) is 5.40. The zero-order valence-electron chi connectivity index (χ0n) is 10.2. The highest BCUT2D eigenvalue weighted by Crippen LogP contribution is 2.31. The summed E-state index contributed by atoms with van der Waals surface area (Å²) in [6.45, 7) is 6.33. The summed E-state index contributed by atoms with van der Waals surface area (Å²) in [7, 11) is -1.43. The normalized spacial score (nSPS) is 14.8. The Morgan fingerprint density at radius 2 is 1.59 bits per heavy atom. The average molecular weight is 262 g/mol. The van der Waals surface area contributed by atoms with Crippen molar-refractivity contribution in [1.29, 1.82) is 0 Å². The first-order chi connectivity index (χ1) is 7.59. The first kappa shape index (κ1) is 14.2. The molecule has 17 heavy (non-hydrogen) atoms. The molecule has 0 radical (unpaired) electrons. The van der Waals surface area contributed by atoms with E-state index in [9.17, 15) is 18.3 Å². The number of hydrogen-bond acceptors (Lipinski definition) is 1. The summed E-state index contributed by atoms with van der Waals surface area (Å²) in [5.41, 5.74) is -0.123. The molecule has 1 atom stereocenters. The second-order valence-corrected chi connectivity index (χ2v) is 10.9. The largest absolute Gasteiger partial charge is 0.416 e. The van der Waals surface area contributed by atoms with Crippen LogP contribution in [0.15, 0.2) is 24.3 Å². The number of hydrogen-bond donors (Lipinski definition) is 1. The van der Waals surface area contributed by atoms with Gasteiger partial charge in [0.2, 0.25) is 0 Å². The summed E-state index contributed by atoms with van der Waals surface area (Å²) < 4.78 is 37.0. The molecule has 0 aliphatic carbocycles. The maximum atomic E-state index is 12.3. The third kappa shape index (κ3) is 4.51. The molecule has 5 heteroatoms. The lowest BCUT2D eigenvalue weighted by atomic mass is 10.1. The van der Waals surface area contributed by atoms with Gasteiger partial charge in [-0.2, -0.15) is 13.2 Å². The Morgan fingerprint density at radius 1 is 1.12 bits per heavy atom. The van der Waals surface area contributed by atoms with Crippen molar-refractivity contribution in [3.05, 3.63) is 35.4 Å². The fourth-order valence-corrected chi connectivity index (χ4v) is 2.99. The van der Waals surface area contributed by atoms with E-state index < -0.39 is 25.9 Å². The molecule has 0 spiro atoms. The minimum atomic E-state index is -4.32. The van der Waals surface area contributed by atoms with E-state index >= 15 is 0 Å². The molecule has 1 aromatic rings. The molecule has 0 bridgehead atoms. The summed E-state index contributed by atoms with van der Waals surface area (Å²) in [5.74, 6) is 0. The molecule has 0 aliphatic rings. The van der Waals surface area contributed by atoms with Gasteiger partial charge in [0.25, 0.3) is 0 Å². The fourth-order valence-electron chi connectivity index (χ4n) is 1.59. The first-order valence-electron chi connectivity index (χ1n) is 5.45. The molecule has 0 saturated heterocycles. The molecule has 0 aliphatic heterocycles. The average Bonchev–Trinajstić information content (AvgIpc) is 2.14. The van der Waals surface area contributed by atoms with Crippen LogP contribution in [-0.2, 0) is 6.18 Å². The van der Waals surface area contributed by atoms with Crippen LogP contribution in [0.4, 0.5) is 13.2 Å². The highest BCUT2D eigenvalue weighted by atomic mass is 28.3. The number of aliphatic hydroxyl groups excluding tert-OH is 1. The van der Waals surface area contributed by atoms with E-state index in [0.717, 1.165) is 12.1 Å². The van der Waals surface area contributed by atoms with E-state index in [1.165, 1.54) is 12.1 Å². The number of alkyl halides is 3. The van der Waals surface area contributed by atoms with E-state index in [1.54, 1.807) is 0 Å². The van der Waals surface area contributed by atoms with Crippen molar-refractivity contribution >= 4 is 8.07 Å². The van der Waals surface area contributed by atoms with Crippen LogP contribution in [0.1, 0.15) is 17.2 Å². The van der Waals surface area contributed by atoms with Crippen LogP contribution in [0.25, 0.3) is 0 Å². The Morgan fingerprint density at radius 3 is 1.94 bits per heavy atom. The third-order valence-electron chi connectivity index (χ3n) is 2.43. The van der Waals surface area contributed by atoms with E-state index in [2.05, 4.69) is 19.6 Å². The summed E-state index contributed by atoms with van der Waals surface area (Å²) in [6, 6.07) is 5.39. The van der Waals surface area contributed by atoms with Crippen LogP contribution >= 0.6 is 0 Å². The van der Waals surface area contributed by atoms with Gasteiger partial charge in [-0.05, 0) is 23.7 Å². The molecule has 1 N–H and O–H groups in total. The quantitative estimate of drug-likeness (QED) is 0.814. The molecule has 1 unspecified atom stereocenters. The molecule has 1 nitrogen and oxygen atoms in total. The Bertz CT molecular complexity index is 365. The third-order valence-corrected chi connectivity index (χ3v) is 4.04. The summed E-state index contributed by atoms with van der Waals surface area (Å²) in [6.07, 6.45) is -4.98. The molecule has 0 aromatic heterocycles. The zero-order chi connectivity index (χ0) is 13.3. The van der Waals surface area contributed by atoms with Crippen molar-refractivity contribution in [3.63, 3.8) is 0 Å². The van der Waals surface area contributed by atoms with Gasteiger partial charge >= 0.3 is 6.18 Å². The van der Waals surface area contributed by atoms with Gasteiger partial charge < -0.3 is 5.11 Å². The molecule has 1 aromatic carbocycles. The molecule has 0 saturated carbocycles. The summed E-state index contributed by atoms with van der Waals surface area (Å²) in [4.78, 5) is 0. The number of aliphatic hydroxyl groups is 1. The van der Waals surface area contributed by atoms with Crippen molar-refractivity contribution in [1.82, 2.24) is 0 Å². The Balaban J connectivity index is 2.81. The standard InChI is InChI=1S/C12H17F3OSi/c1-17(2,3)8-11(16)9-4-6-10(7-5-9)12(13,14)15/h4-7,11,16H,8H2,1-3H3. The molecular weight excluding hydrogens is 245 g/mol. The zero-order valence-corrected chi connectivity index (χ0v) is 11.2. The highest BCUT2D eigenvalue weighted by molar-refractivity contribution is 6.76. The van der Waals surface area contributed by atoms with Crippen LogP contribution in [-0.4, -0.2) is 13.2 Å². The second kappa shape index (κ2) is 4.82. The van der Waals surface area contributed by atoms with Crippen molar-refractivity contribution in [2.24, 2.45) is 0 Å². The van der Waals surface area contributed by atoms with Gasteiger partial charge in [-0.1, -0.05) is 31.8 Å². The predicted molar refractivity (Wildman–Crippen MR) is 64.6 cm³/mol. The van der Waals surface area contributed by atoms with Crippen LogP contribution in [0.5, 0.6) is 0 Å².